The predicted molar refractivity (Wildman–Crippen MR) is 78.7 cm³/mol. The Kier molecular flexibility index (Phi) is 4.09. The minimum absolute atomic E-state index is 0.354. The summed E-state index contributed by atoms with van der Waals surface area (Å²) in [5.41, 5.74) is 1.27. The van der Waals surface area contributed by atoms with Crippen LogP contribution in [0.3, 0.4) is 0 Å². The number of nitrogens with zero attached hydrogens (tertiary/aromatic N) is 3. The molecule has 1 aromatic carbocycles. The van der Waals surface area contributed by atoms with E-state index < -0.39 is 0 Å². The Morgan fingerprint density at radius 2 is 2.05 bits per heavy atom. The van der Waals surface area contributed by atoms with Crippen molar-refractivity contribution >= 4 is 5.69 Å². The van der Waals surface area contributed by atoms with E-state index in [1.165, 1.54) is 12.1 Å². The van der Waals surface area contributed by atoms with Crippen LogP contribution in [0.15, 0.2) is 18.2 Å². The first-order valence-corrected chi connectivity index (χ1v) is 7.45. The van der Waals surface area contributed by atoms with Crippen molar-refractivity contribution in [3.05, 3.63) is 29.6 Å². The molecule has 0 aliphatic carbocycles. The highest BCUT2D eigenvalue weighted by molar-refractivity contribution is 5.60. The van der Waals surface area contributed by atoms with E-state index in [4.69, 9.17) is 4.74 Å². The van der Waals surface area contributed by atoms with Gasteiger partial charge in [-0.15, -0.1) is 0 Å². The molecule has 0 aromatic heterocycles. The lowest BCUT2D eigenvalue weighted by molar-refractivity contribution is 0.0134. The highest BCUT2D eigenvalue weighted by Gasteiger charge is 2.35. The van der Waals surface area contributed by atoms with Gasteiger partial charge in [0.15, 0.2) is 0 Å². The van der Waals surface area contributed by atoms with Gasteiger partial charge in [0.25, 0.3) is 0 Å². The summed E-state index contributed by atoms with van der Waals surface area (Å²) < 4.78 is 18.7. The van der Waals surface area contributed by atoms with Crippen LogP contribution < -0.4 is 4.90 Å². The van der Waals surface area contributed by atoms with Crippen molar-refractivity contribution in [1.82, 2.24) is 4.90 Å². The van der Waals surface area contributed by atoms with Gasteiger partial charge in [-0.25, -0.2) is 4.39 Å². The third kappa shape index (κ3) is 2.87. The van der Waals surface area contributed by atoms with Gasteiger partial charge < -0.3 is 9.64 Å². The first kappa shape index (κ1) is 14.3. The Hall–Kier alpha value is -1.64. The van der Waals surface area contributed by atoms with Gasteiger partial charge in [0.05, 0.1) is 24.5 Å². The summed E-state index contributed by atoms with van der Waals surface area (Å²) in [6.45, 7) is 7.57. The fourth-order valence-electron chi connectivity index (χ4n) is 3.40. The summed E-state index contributed by atoms with van der Waals surface area (Å²) >= 11 is 0. The Balaban J connectivity index is 1.78. The molecule has 0 amide bonds. The number of hydrogen-bond acceptors (Lipinski definition) is 4. The third-order valence-corrected chi connectivity index (χ3v) is 4.51. The van der Waals surface area contributed by atoms with Crippen molar-refractivity contribution in [2.75, 3.05) is 44.3 Å². The molecule has 0 unspecified atom stereocenters. The van der Waals surface area contributed by atoms with Crippen molar-refractivity contribution in [3.63, 3.8) is 0 Å². The van der Waals surface area contributed by atoms with Crippen molar-refractivity contribution in [2.45, 2.75) is 13.0 Å². The average molecular weight is 289 g/mol. The summed E-state index contributed by atoms with van der Waals surface area (Å²) in [4.78, 5) is 4.69. The maximum atomic E-state index is 13.3. The van der Waals surface area contributed by atoms with Gasteiger partial charge in [0.1, 0.15) is 11.9 Å². The number of hydrogen-bond donors (Lipinski definition) is 0. The van der Waals surface area contributed by atoms with Crippen molar-refractivity contribution in [3.8, 4) is 6.07 Å². The molecule has 0 spiro atoms. The smallest absolute Gasteiger partial charge is 0.124 e. The molecule has 3 rings (SSSR count). The van der Waals surface area contributed by atoms with Gasteiger partial charge in [-0.3, -0.25) is 4.90 Å². The van der Waals surface area contributed by atoms with Crippen LogP contribution in [-0.2, 0) is 4.74 Å². The molecule has 4 nitrogen and oxygen atoms in total. The number of rotatable bonds is 2. The van der Waals surface area contributed by atoms with E-state index in [1.54, 1.807) is 6.07 Å². The van der Waals surface area contributed by atoms with E-state index in [-0.39, 0.29) is 5.82 Å². The topological polar surface area (TPSA) is 39.5 Å². The van der Waals surface area contributed by atoms with Gasteiger partial charge in [-0.05, 0) is 24.1 Å². The summed E-state index contributed by atoms with van der Waals surface area (Å²) in [7, 11) is 0. The normalized spacial score (nSPS) is 26.8. The Morgan fingerprint density at radius 3 is 2.76 bits per heavy atom. The standard InChI is InChI=1S/C16H20FN3O/c1-12-10-20(11-16(12)19-4-6-21-7-5-19)15-3-2-14(17)8-13(15)9-18/h2-3,8,12,16H,4-7,10-11H2,1H3/t12-,16+/m1/s1. The second-order valence-corrected chi connectivity index (χ2v) is 5.87. The second kappa shape index (κ2) is 6.00. The molecule has 0 bridgehead atoms. The largest absolute Gasteiger partial charge is 0.379 e. The summed E-state index contributed by atoms with van der Waals surface area (Å²) in [6, 6.07) is 7.06. The molecular weight excluding hydrogens is 269 g/mol. The number of morpholine rings is 1. The molecule has 112 valence electrons. The van der Waals surface area contributed by atoms with Crippen LogP contribution in [0.1, 0.15) is 12.5 Å². The monoisotopic (exact) mass is 289 g/mol. The minimum atomic E-state index is -0.354. The van der Waals surface area contributed by atoms with Crippen LogP contribution in [0.5, 0.6) is 0 Å². The average Bonchev–Trinajstić information content (AvgIpc) is 2.89. The lowest BCUT2D eigenvalue weighted by Gasteiger charge is -2.34. The van der Waals surface area contributed by atoms with Crippen LogP contribution in [0, 0.1) is 23.1 Å². The number of ether oxygens (including phenoxy) is 1. The molecule has 2 aliphatic rings. The van der Waals surface area contributed by atoms with E-state index in [9.17, 15) is 9.65 Å². The quantitative estimate of drug-likeness (QED) is 0.833. The zero-order chi connectivity index (χ0) is 14.8. The van der Waals surface area contributed by atoms with Gasteiger partial charge in [0, 0.05) is 32.2 Å². The van der Waals surface area contributed by atoms with Crippen molar-refractivity contribution in [2.24, 2.45) is 5.92 Å². The van der Waals surface area contributed by atoms with E-state index in [0.717, 1.165) is 45.1 Å². The fourth-order valence-corrected chi connectivity index (χ4v) is 3.40. The van der Waals surface area contributed by atoms with Gasteiger partial charge in [-0.1, -0.05) is 6.92 Å². The van der Waals surface area contributed by atoms with Crippen LogP contribution in [0.4, 0.5) is 10.1 Å². The van der Waals surface area contributed by atoms with E-state index in [2.05, 4.69) is 22.8 Å². The van der Waals surface area contributed by atoms with Gasteiger partial charge >= 0.3 is 0 Å². The van der Waals surface area contributed by atoms with E-state index in [0.29, 0.717) is 17.5 Å². The van der Waals surface area contributed by atoms with E-state index >= 15 is 0 Å². The molecule has 21 heavy (non-hydrogen) atoms. The number of halogens is 1. The molecule has 2 fully saturated rings. The van der Waals surface area contributed by atoms with Gasteiger partial charge in [-0.2, -0.15) is 5.26 Å². The lowest BCUT2D eigenvalue weighted by atomic mass is 10.0. The Bertz CT molecular complexity index is 551. The van der Waals surface area contributed by atoms with E-state index in [1.807, 2.05) is 0 Å². The number of anilines is 1. The third-order valence-electron chi connectivity index (χ3n) is 4.51. The van der Waals surface area contributed by atoms with Crippen molar-refractivity contribution < 1.29 is 9.13 Å². The zero-order valence-electron chi connectivity index (χ0n) is 12.3. The Morgan fingerprint density at radius 1 is 1.29 bits per heavy atom. The molecule has 2 heterocycles. The number of nitriles is 1. The highest BCUT2D eigenvalue weighted by Crippen LogP contribution is 2.30. The number of benzene rings is 1. The van der Waals surface area contributed by atoms with Gasteiger partial charge in [0.2, 0.25) is 0 Å². The van der Waals surface area contributed by atoms with Crippen LogP contribution in [0.25, 0.3) is 0 Å². The molecule has 0 saturated carbocycles. The highest BCUT2D eigenvalue weighted by atomic mass is 19.1. The SMILES string of the molecule is C[C@@H]1CN(c2ccc(F)cc2C#N)C[C@@H]1N1CCOCC1. The van der Waals surface area contributed by atoms with Crippen molar-refractivity contribution in [1.29, 1.82) is 5.26 Å². The summed E-state index contributed by atoms with van der Waals surface area (Å²) in [5.74, 6) is 0.173. The first-order chi connectivity index (χ1) is 10.2. The molecule has 0 N–H and O–H groups in total. The maximum Gasteiger partial charge on any atom is 0.124 e. The Labute approximate surface area is 124 Å². The van der Waals surface area contributed by atoms with Crippen LogP contribution in [-0.4, -0.2) is 50.3 Å². The molecular formula is C16H20FN3O. The first-order valence-electron chi connectivity index (χ1n) is 7.45. The summed E-state index contributed by atoms with van der Waals surface area (Å²) in [6.07, 6.45) is 0. The summed E-state index contributed by atoms with van der Waals surface area (Å²) in [5, 5.41) is 9.21. The second-order valence-electron chi connectivity index (χ2n) is 5.87. The maximum absolute atomic E-state index is 13.3. The van der Waals surface area contributed by atoms with Crippen LogP contribution in [0.2, 0.25) is 0 Å². The molecule has 2 atom stereocenters. The fraction of sp³-hybridized carbons (Fsp3) is 0.562. The lowest BCUT2D eigenvalue weighted by Crippen LogP contribution is -2.46. The molecule has 2 saturated heterocycles. The zero-order valence-corrected chi connectivity index (χ0v) is 12.3. The predicted octanol–water partition coefficient (Wildman–Crippen LogP) is 1.85. The molecule has 0 radical (unpaired) electrons. The minimum Gasteiger partial charge on any atom is -0.379 e. The molecule has 5 heteroatoms. The molecule has 2 aliphatic heterocycles. The van der Waals surface area contributed by atoms with Crippen LogP contribution >= 0.6 is 0 Å². The molecule has 1 aromatic rings.